The number of hydrogen-bond donors (Lipinski definition) is 2. The Bertz CT molecular complexity index is 641. The average molecular weight is 317 g/mol. The van der Waals surface area contributed by atoms with Gasteiger partial charge in [-0.3, -0.25) is 4.79 Å². The Kier molecular flexibility index (Phi) is 4.98. The number of carbonyl (C=O) groups excluding carboxylic acids is 1. The first-order valence-electron chi connectivity index (χ1n) is 7.37. The average Bonchev–Trinajstić information content (AvgIpc) is 2.95. The highest BCUT2D eigenvalue weighted by atomic mass is 32.1. The van der Waals surface area contributed by atoms with Crippen molar-refractivity contribution in [3.05, 3.63) is 51.5 Å². The molecule has 0 aliphatic rings. The first-order valence-corrected chi connectivity index (χ1v) is 8.25. The van der Waals surface area contributed by atoms with Crippen LogP contribution in [-0.2, 0) is 12.0 Å². The summed E-state index contributed by atoms with van der Waals surface area (Å²) in [6, 6.07) is 8.31. The van der Waals surface area contributed by atoms with Gasteiger partial charge in [-0.1, -0.05) is 45.0 Å². The third-order valence-electron chi connectivity index (χ3n) is 3.58. The molecule has 1 aromatic heterocycles. The predicted molar refractivity (Wildman–Crippen MR) is 91.0 cm³/mol. The summed E-state index contributed by atoms with van der Waals surface area (Å²) in [6.07, 6.45) is 0. The van der Waals surface area contributed by atoms with Crippen LogP contribution < -0.4 is 11.1 Å². The van der Waals surface area contributed by atoms with Crippen LogP contribution in [0.2, 0.25) is 0 Å². The fraction of sp³-hybridized carbons (Fsp3) is 0.412. The van der Waals surface area contributed by atoms with E-state index in [-0.39, 0.29) is 17.4 Å². The Morgan fingerprint density at radius 2 is 1.95 bits per heavy atom. The molecular formula is C17H23N3OS. The minimum Gasteiger partial charge on any atom is -0.344 e. The standard InChI is InChI=1S/C17H23N3OS/c1-11(12-5-7-13(8-6-12)17(2,3)4)19-16(21)14-10-22-15(9-18)20-14/h5-8,10-11H,9,18H2,1-4H3,(H,19,21). The Morgan fingerprint density at radius 3 is 2.45 bits per heavy atom. The number of hydrogen-bond acceptors (Lipinski definition) is 4. The van der Waals surface area contributed by atoms with Crippen LogP contribution in [0.25, 0.3) is 0 Å². The van der Waals surface area contributed by atoms with E-state index in [9.17, 15) is 4.79 Å². The Hall–Kier alpha value is -1.72. The van der Waals surface area contributed by atoms with Crippen molar-refractivity contribution in [2.45, 2.75) is 45.7 Å². The smallest absolute Gasteiger partial charge is 0.271 e. The van der Waals surface area contributed by atoms with Gasteiger partial charge in [-0.15, -0.1) is 11.3 Å². The van der Waals surface area contributed by atoms with Gasteiger partial charge in [0.1, 0.15) is 10.7 Å². The van der Waals surface area contributed by atoms with Gasteiger partial charge in [-0.2, -0.15) is 0 Å². The molecule has 22 heavy (non-hydrogen) atoms. The van der Waals surface area contributed by atoms with E-state index in [1.165, 1.54) is 16.9 Å². The molecule has 1 atom stereocenters. The highest BCUT2D eigenvalue weighted by Crippen LogP contribution is 2.24. The van der Waals surface area contributed by atoms with Crippen LogP contribution in [0.4, 0.5) is 0 Å². The molecule has 0 radical (unpaired) electrons. The second-order valence-corrected chi connectivity index (χ2v) is 7.34. The summed E-state index contributed by atoms with van der Waals surface area (Å²) in [5.74, 6) is -0.164. The lowest BCUT2D eigenvalue weighted by atomic mass is 9.86. The van der Waals surface area contributed by atoms with Gasteiger partial charge < -0.3 is 11.1 Å². The molecule has 1 amide bonds. The van der Waals surface area contributed by atoms with E-state index in [2.05, 4.69) is 55.3 Å². The zero-order valence-corrected chi connectivity index (χ0v) is 14.3. The lowest BCUT2D eigenvalue weighted by Crippen LogP contribution is -2.27. The molecule has 4 nitrogen and oxygen atoms in total. The van der Waals surface area contributed by atoms with Crippen molar-refractivity contribution in [2.24, 2.45) is 5.73 Å². The molecule has 118 valence electrons. The van der Waals surface area contributed by atoms with Crippen LogP contribution >= 0.6 is 11.3 Å². The monoisotopic (exact) mass is 317 g/mol. The fourth-order valence-corrected chi connectivity index (χ4v) is 2.79. The van der Waals surface area contributed by atoms with E-state index >= 15 is 0 Å². The number of thiazole rings is 1. The lowest BCUT2D eigenvalue weighted by molar-refractivity contribution is 0.0935. The molecule has 2 aromatic rings. The number of amides is 1. The van der Waals surface area contributed by atoms with Gasteiger partial charge in [0.05, 0.1) is 6.04 Å². The molecular weight excluding hydrogens is 294 g/mol. The molecule has 1 aromatic carbocycles. The Labute approximate surface area is 135 Å². The molecule has 0 aliphatic heterocycles. The van der Waals surface area contributed by atoms with Gasteiger partial charge in [0.25, 0.3) is 5.91 Å². The molecule has 0 bridgehead atoms. The van der Waals surface area contributed by atoms with Gasteiger partial charge >= 0.3 is 0 Å². The largest absolute Gasteiger partial charge is 0.344 e. The van der Waals surface area contributed by atoms with Crippen molar-refractivity contribution >= 4 is 17.2 Å². The molecule has 0 spiro atoms. The molecule has 1 heterocycles. The van der Waals surface area contributed by atoms with Crippen molar-refractivity contribution in [3.63, 3.8) is 0 Å². The van der Waals surface area contributed by atoms with Crippen LogP contribution in [0.15, 0.2) is 29.6 Å². The summed E-state index contributed by atoms with van der Waals surface area (Å²) in [7, 11) is 0. The molecule has 0 aliphatic carbocycles. The number of rotatable bonds is 4. The zero-order chi connectivity index (χ0) is 16.3. The lowest BCUT2D eigenvalue weighted by Gasteiger charge is -2.20. The van der Waals surface area contributed by atoms with Crippen LogP contribution in [0, 0.1) is 0 Å². The van der Waals surface area contributed by atoms with E-state index in [0.717, 1.165) is 10.6 Å². The van der Waals surface area contributed by atoms with Gasteiger partial charge in [0.2, 0.25) is 0 Å². The van der Waals surface area contributed by atoms with E-state index in [0.29, 0.717) is 12.2 Å². The number of nitrogens with two attached hydrogens (primary N) is 1. The quantitative estimate of drug-likeness (QED) is 0.908. The normalized spacial score (nSPS) is 13.0. The summed E-state index contributed by atoms with van der Waals surface area (Å²) in [4.78, 5) is 16.4. The second-order valence-electron chi connectivity index (χ2n) is 6.40. The van der Waals surface area contributed by atoms with Crippen molar-refractivity contribution in [2.75, 3.05) is 0 Å². The maximum absolute atomic E-state index is 12.2. The molecule has 2 rings (SSSR count). The van der Waals surface area contributed by atoms with Crippen molar-refractivity contribution in [1.82, 2.24) is 10.3 Å². The second kappa shape index (κ2) is 6.58. The van der Waals surface area contributed by atoms with Crippen LogP contribution in [0.5, 0.6) is 0 Å². The molecule has 3 N–H and O–H groups in total. The van der Waals surface area contributed by atoms with Gasteiger partial charge in [0.15, 0.2) is 0 Å². The van der Waals surface area contributed by atoms with Crippen LogP contribution in [-0.4, -0.2) is 10.9 Å². The number of nitrogens with one attached hydrogen (secondary N) is 1. The van der Waals surface area contributed by atoms with Crippen LogP contribution in [0.1, 0.15) is 60.4 Å². The topological polar surface area (TPSA) is 68.0 Å². The Balaban J connectivity index is 2.05. The maximum atomic E-state index is 12.2. The number of nitrogens with zero attached hydrogens (tertiary/aromatic N) is 1. The number of benzene rings is 1. The van der Waals surface area contributed by atoms with E-state index in [1.54, 1.807) is 5.38 Å². The van der Waals surface area contributed by atoms with E-state index in [1.807, 2.05) is 6.92 Å². The zero-order valence-electron chi connectivity index (χ0n) is 13.5. The third-order valence-corrected chi connectivity index (χ3v) is 4.45. The predicted octanol–water partition coefficient (Wildman–Crippen LogP) is 3.39. The molecule has 0 saturated carbocycles. The minimum absolute atomic E-state index is 0.0652. The summed E-state index contributed by atoms with van der Waals surface area (Å²) in [5, 5.41) is 5.49. The first-order chi connectivity index (χ1) is 10.3. The first kappa shape index (κ1) is 16.6. The Morgan fingerprint density at radius 1 is 1.32 bits per heavy atom. The fourth-order valence-electron chi connectivity index (χ4n) is 2.13. The maximum Gasteiger partial charge on any atom is 0.271 e. The van der Waals surface area contributed by atoms with Gasteiger partial charge in [-0.25, -0.2) is 4.98 Å². The molecule has 0 fully saturated rings. The molecule has 1 unspecified atom stereocenters. The van der Waals surface area contributed by atoms with Crippen LogP contribution in [0.3, 0.4) is 0 Å². The highest BCUT2D eigenvalue weighted by molar-refractivity contribution is 7.09. The molecule has 0 saturated heterocycles. The number of aromatic nitrogens is 1. The highest BCUT2D eigenvalue weighted by Gasteiger charge is 2.16. The third kappa shape index (κ3) is 3.93. The molecule has 5 heteroatoms. The van der Waals surface area contributed by atoms with E-state index < -0.39 is 0 Å². The van der Waals surface area contributed by atoms with Crippen molar-refractivity contribution < 1.29 is 4.79 Å². The summed E-state index contributed by atoms with van der Waals surface area (Å²) >= 11 is 1.41. The summed E-state index contributed by atoms with van der Waals surface area (Å²) in [6.45, 7) is 8.89. The van der Waals surface area contributed by atoms with Gasteiger partial charge in [0, 0.05) is 11.9 Å². The van der Waals surface area contributed by atoms with E-state index in [4.69, 9.17) is 5.73 Å². The summed E-state index contributed by atoms with van der Waals surface area (Å²) < 4.78 is 0. The van der Waals surface area contributed by atoms with Crippen molar-refractivity contribution in [1.29, 1.82) is 0 Å². The van der Waals surface area contributed by atoms with Gasteiger partial charge in [-0.05, 0) is 23.5 Å². The number of carbonyl (C=O) groups is 1. The van der Waals surface area contributed by atoms with Crippen molar-refractivity contribution in [3.8, 4) is 0 Å². The summed E-state index contributed by atoms with van der Waals surface area (Å²) in [5.41, 5.74) is 8.44. The minimum atomic E-state index is -0.164. The SMILES string of the molecule is CC(NC(=O)c1csc(CN)n1)c1ccc(C(C)(C)C)cc1.